The van der Waals surface area contributed by atoms with Crippen LogP contribution in [0.15, 0.2) is 29.2 Å². The molecule has 0 bridgehead atoms. The summed E-state index contributed by atoms with van der Waals surface area (Å²) in [7, 11) is 1.66. The van der Waals surface area contributed by atoms with Crippen LogP contribution in [0.5, 0.6) is 0 Å². The number of ether oxygens (including phenoxy) is 1. The smallest absolute Gasteiger partial charge is 0.176 e. The van der Waals surface area contributed by atoms with Gasteiger partial charge in [-0.1, -0.05) is 25.8 Å². The average Bonchev–Trinajstić information content (AvgIpc) is 2.37. The zero-order chi connectivity index (χ0) is 12.5. The summed E-state index contributed by atoms with van der Waals surface area (Å²) in [5.74, 6) is 1.70. The number of hydrogen-bond acceptors (Lipinski definition) is 4. The molecule has 1 aliphatic heterocycles. The van der Waals surface area contributed by atoms with Crippen molar-refractivity contribution >= 4 is 6.21 Å². The van der Waals surface area contributed by atoms with Crippen LogP contribution in [0.2, 0.25) is 0 Å². The van der Waals surface area contributed by atoms with Crippen molar-refractivity contribution in [2.24, 2.45) is 4.99 Å². The zero-order valence-electron chi connectivity index (χ0n) is 10.8. The first kappa shape index (κ1) is 13.6. The first-order valence-electron chi connectivity index (χ1n) is 6.21. The Labute approximate surface area is 104 Å². The molecule has 0 aromatic rings. The van der Waals surface area contributed by atoms with Crippen molar-refractivity contribution in [1.29, 1.82) is 0 Å². The molecule has 96 valence electrons. The standard InChI is InChI=1S/C13H23N3O/c1-4-6-8-11(7-5-2)16-13-12(17-3)9-14-10-15-13/h5,9,11,15-16H,2,4,6-8,10H2,1,3H3/t11-/m1/s1. The molecule has 2 N–H and O–H groups in total. The molecule has 0 radical (unpaired) electrons. The number of nitrogens with one attached hydrogen (secondary N) is 2. The fourth-order valence-electron chi connectivity index (χ4n) is 1.79. The van der Waals surface area contributed by atoms with Gasteiger partial charge in [-0.05, 0) is 12.8 Å². The van der Waals surface area contributed by atoms with E-state index in [1.165, 1.54) is 12.8 Å². The van der Waals surface area contributed by atoms with E-state index in [1.54, 1.807) is 13.3 Å². The lowest BCUT2D eigenvalue weighted by Crippen LogP contribution is -2.38. The second kappa shape index (κ2) is 7.76. The highest BCUT2D eigenvalue weighted by atomic mass is 16.5. The van der Waals surface area contributed by atoms with Crippen LogP contribution in [-0.4, -0.2) is 26.0 Å². The van der Waals surface area contributed by atoms with E-state index in [-0.39, 0.29) is 0 Å². The summed E-state index contributed by atoms with van der Waals surface area (Å²) in [5, 5.41) is 6.67. The Kier molecular flexibility index (Phi) is 6.22. The molecule has 0 unspecified atom stereocenters. The minimum absolute atomic E-state index is 0.409. The fraction of sp³-hybridized carbons (Fsp3) is 0.615. The quantitative estimate of drug-likeness (QED) is 0.636. The van der Waals surface area contributed by atoms with Crippen molar-refractivity contribution in [1.82, 2.24) is 10.6 Å². The van der Waals surface area contributed by atoms with Crippen LogP contribution in [0, 0.1) is 0 Å². The van der Waals surface area contributed by atoms with Crippen LogP contribution in [-0.2, 0) is 4.74 Å². The molecule has 4 nitrogen and oxygen atoms in total. The van der Waals surface area contributed by atoms with Crippen molar-refractivity contribution in [2.75, 3.05) is 13.8 Å². The highest BCUT2D eigenvalue weighted by molar-refractivity contribution is 5.77. The first-order chi connectivity index (χ1) is 8.31. The number of rotatable bonds is 8. The molecule has 0 spiro atoms. The van der Waals surface area contributed by atoms with E-state index in [0.717, 1.165) is 24.4 Å². The lowest BCUT2D eigenvalue weighted by Gasteiger charge is -2.24. The summed E-state index contributed by atoms with van der Waals surface area (Å²) in [6, 6.07) is 0.409. The summed E-state index contributed by atoms with van der Waals surface area (Å²) in [5.41, 5.74) is 0. The van der Waals surface area contributed by atoms with E-state index in [9.17, 15) is 0 Å². The first-order valence-corrected chi connectivity index (χ1v) is 6.21. The van der Waals surface area contributed by atoms with Crippen molar-refractivity contribution in [3.63, 3.8) is 0 Å². The summed E-state index contributed by atoms with van der Waals surface area (Å²) in [4.78, 5) is 4.12. The largest absolute Gasteiger partial charge is 0.491 e. The second-order valence-electron chi connectivity index (χ2n) is 4.10. The summed E-state index contributed by atoms with van der Waals surface area (Å²) in [6.07, 6.45) is 8.23. The van der Waals surface area contributed by atoms with Crippen molar-refractivity contribution in [3.8, 4) is 0 Å². The molecule has 17 heavy (non-hydrogen) atoms. The molecule has 1 atom stereocenters. The molecule has 0 fully saturated rings. The van der Waals surface area contributed by atoms with Crippen LogP contribution in [0.25, 0.3) is 0 Å². The average molecular weight is 237 g/mol. The molecule has 0 amide bonds. The molecule has 0 saturated carbocycles. The van der Waals surface area contributed by atoms with Crippen LogP contribution < -0.4 is 10.6 Å². The summed E-state index contributed by atoms with van der Waals surface area (Å²) < 4.78 is 5.27. The highest BCUT2D eigenvalue weighted by Crippen LogP contribution is 2.09. The maximum Gasteiger partial charge on any atom is 0.176 e. The van der Waals surface area contributed by atoms with Gasteiger partial charge in [0.15, 0.2) is 5.76 Å². The maximum absolute atomic E-state index is 5.27. The van der Waals surface area contributed by atoms with Gasteiger partial charge >= 0.3 is 0 Å². The predicted molar refractivity (Wildman–Crippen MR) is 71.8 cm³/mol. The molecule has 0 aliphatic carbocycles. The lowest BCUT2D eigenvalue weighted by atomic mass is 10.1. The topological polar surface area (TPSA) is 45.6 Å². The van der Waals surface area contributed by atoms with Crippen LogP contribution >= 0.6 is 0 Å². The Hall–Kier alpha value is -1.45. The Balaban J connectivity index is 2.60. The third kappa shape index (κ3) is 4.51. The number of unbranched alkanes of at least 4 members (excludes halogenated alkanes) is 1. The lowest BCUT2D eigenvalue weighted by molar-refractivity contribution is 0.299. The van der Waals surface area contributed by atoms with Crippen molar-refractivity contribution in [3.05, 3.63) is 24.2 Å². The van der Waals surface area contributed by atoms with Gasteiger partial charge in [-0.15, -0.1) is 6.58 Å². The minimum atomic E-state index is 0.409. The number of aliphatic imine (C=N–C) groups is 1. The fourth-order valence-corrected chi connectivity index (χ4v) is 1.79. The molecule has 4 heteroatoms. The van der Waals surface area contributed by atoms with Gasteiger partial charge in [-0.2, -0.15) is 0 Å². The molecule has 0 aromatic carbocycles. The van der Waals surface area contributed by atoms with Gasteiger partial charge in [-0.3, -0.25) is 4.99 Å². The summed E-state index contributed by atoms with van der Waals surface area (Å²) in [6.45, 7) is 6.61. The molecular formula is C13H23N3O. The molecule has 1 aliphatic rings. The van der Waals surface area contributed by atoms with E-state index in [4.69, 9.17) is 4.74 Å². The van der Waals surface area contributed by atoms with E-state index >= 15 is 0 Å². The monoisotopic (exact) mass is 237 g/mol. The van der Waals surface area contributed by atoms with Gasteiger partial charge in [0.2, 0.25) is 0 Å². The normalized spacial score (nSPS) is 16.4. The number of methoxy groups -OCH3 is 1. The number of hydrogen-bond donors (Lipinski definition) is 2. The van der Waals surface area contributed by atoms with Gasteiger partial charge in [0.1, 0.15) is 12.5 Å². The van der Waals surface area contributed by atoms with Crippen LogP contribution in [0.3, 0.4) is 0 Å². The summed E-state index contributed by atoms with van der Waals surface area (Å²) >= 11 is 0. The minimum Gasteiger partial charge on any atom is -0.491 e. The van der Waals surface area contributed by atoms with Gasteiger partial charge < -0.3 is 15.4 Å². The predicted octanol–water partition coefficient (Wildman–Crippen LogP) is 2.16. The SMILES string of the molecule is C=CC[C@H](CCCC)NC1=C(OC)C=NCN1. The van der Waals surface area contributed by atoms with Gasteiger partial charge in [0, 0.05) is 6.04 Å². The van der Waals surface area contributed by atoms with Gasteiger partial charge in [0.25, 0.3) is 0 Å². The van der Waals surface area contributed by atoms with Crippen molar-refractivity contribution in [2.45, 2.75) is 38.6 Å². The number of nitrogens with zero attached hydrogens (tertiary/aromatic N) is 1. The highest BCUT2D eigenvalue weighted by Gasteiger charge is 2.13. The molecule has 0 aromatic heterocycles. The second-order valence-corrected chi connectivity index (χ2v) is 4.10. The van der Waals surface area contributed by atoms with E-state index in [0.29, 0.717) is 12.7 Å². The number of allylic oxidation sites excluding steroid dienone is 1. The van der Waals surface area contributed by atoms with Gasteiger partial charge in [0.05, 0.1) is 13.3 Å². The zero-order valence-corrected chi connectivity index (χ0v) is 10.8. The molecule has 1 heterocycles. The third-order valence-electron chi connectivity index (χ3n) is 2.73. The Bertz CT molecular complexity index is 297. The molecule has 0 saturated heterocycles. The van der Waals surface area contributed by atoms with E-state index in [1.807, 2.05) is 6.08 Å². The molecular weight excluding hydrogens is 214 g/mol. The van der Waals surface area contributed by atoms with Crippen molar-refractivity contribution < 1.29 is 4.74 Å². The van der Waals surface area contributed by atoms with Crippen LogP contribution in [0.4, 0.5) is 0 Å². The Morgan fingerprint density at radius 3 is 3.18 bits per heavy atom. The van der Waals surface area contributed by atoms with E-state index < -0.39 is 0 Å². The Morgan fingerprint density at radius 2 is 2.53 bits per heavy atom. The molecule has 1 rings (SSSR count). The Morgan fingerprint density at radius 1 is 1.71 bits per heavy atom. The van der Waals surface area contributed by atoms with Gasteiger partial charge in [-0.25, -0.2) is 0 Å². The van der Waals surface area contributed by atoms with Crippen LogP contribution in [0.1, 0.15) is 32.6 Å². The van der Waals surface area contributed by atoms with E-state index in [2.05, 4.69) is 29.1 Å². The third-order valence-corrected chi connectivity index (χ3v) is 2.73. The maximum atomic E-state index is 5.27.